The highest BCUT2D eigenvalue weighted by atomic mass is 32.2. The minimum Gasteiger partial charge on any atom is -0.351 e. The molecule has 0 unspecified atom stereocenters. The lowest BCUT2D eigenvalue weighted by atomic mass is 10.0. The molecule has 2 N–H and O–H groups in total. The van der Waals surface area contributed by atoms with E-state index in [2.05, 4.69) is 0 Å². The summed E-state index contributed by atoms with van der Waals surface area (Å²) >= 11 is 0. The van der Waals surface area contributed by atoms with Crippen molar-refractivity contribution in [1.29, 1.82) is 0 Å². The van der Waals surface area contributed by atoms with Crippen LogP contribution in [-0.2, 0) is 22.4 Å². The summed E-state index contributed by atoms with van der Waals surface area (Å²) in [4.78, 5) is 11.7. The smallest absolute Gasteiger partial charge is 0.351 e. The normalized spacial score (nSPS) is 13.0. The first kappa shape index (κ1) is 20.2. The van der Waals surface area contributed by atoms with E-state index < -0.39 is 45.0 Å². The van der Waals surface area contributed by atoms with Gasteiger partial charge in [0, 0.05) is 18.7 Å². The van der Waals surface area contributed by atoms with Crippen molar-refractivity contribution in [3.63, 3.8) is 0 Å². The van der Waals surface area contributed by atoms with E-state index in [9.17, 15) is 39.6 Å². The molecule has 1 aromatic rings. The second kappa shape index (κ2) is 6.97. The number of sulfonamides is 1. The molecule has 24 heavy (non-hydrogen) atoms. The number of hydrogen-bond donors (Lipinski definition) is 2. The van der Waals surface area contributed by atoms with Gasteiger partial charge in [-0.15, -0.1) is 0 Å². The number of amides is 1. The molecule has 0 radical (unpaired) electrons. The molecule has 5 nitrogen and oxygen atoms in total. The number of halogens is 6. The third-order valence-electron chi connectivity index (χ3n) is 2.62. The van der Waals surface area contributed by atoms with E-state index in [1.54, 1.807) is 0 Å². The van der Waals surface area contributed by atoms with Crippen LogP contribution in [0.4, 0.5) is 26.3 Å². The number of alkyl halides is 6. The van der Waals surface area contributed by atoms with Crippen molar-refractivity contribution in [2.45, 2.75) is 12.4 Å². The van der Waals surface area contributed by atoms with Gasteiger partial charge >= 0.3 is 12.4 Å². The number of benzene rings is 1. The Bertz CT molecular complexity index is 680. The van der Waals surface area contributed by atoms with Crippen molar-refractivity contribution < 1.29 is 39.6 Å². The molecular formula is C12H12F6N2O3S. The predicted molar refractivity (Wildman–Crippen MR) is 71.6 cm³/mol. The monoisotopic (exact) mass is 378 g/mol. The molecule has 0 heterocycles. The molecule has 0 aliphatic heterocycles. The van der Waals surface area contributed by atoms with Crippen LogP contribution in [0.25, 0.3) is 0 Å². The first-order valence-electron chi connectivity index (χ1n) is 6.22. The maximum Gasteiger partial charge on any atom is 0.416 e. The first-order valence-corrected chi connectivity index (χ1v) is 8.11. The van der Waals surface area contributed by atoms with Gasteiger partial charge in [0.15, 0.2) is 0 Å². The summed E-state index contributed by atoms with van der Waals surface area (Å²) in [5.74, 6) is -1.19. The summed E-state index contributed by atoms with van der Waals surface area (Å²) in [6.07, 6.45) is -9.28. The third-order valence-corrected chi connectivity index (χ3v) is 3.35. The van der Waals surface area contributed by atoms with Gasteiger partial charge in [0.1, 0.15) is 0 Å². The van der Waals surface area contributed by atoms with Crippen molar-refractivity contribution in [3.05, 3.63) is 34.9 Å². The number of nitrogens with one attached hydrogen (secondary N) is 2. The fourth-order valence-corrected chi connectivity index (χ4v) is 2.07. The summed E-state index contributed by atoms with van der Waals surface area (Å²) in [5, 5.41) is 2.03. The van der Waals surface area contributed by atoms with Crippen LogP contribution in [0.3, 0.4) is 0 Å². The van der Waals surface area contributed by atoms with E-state index in [4.69, 9.17) is 0 Å². The molecule has 0 bridgehead atoms. The van der Waals surface area contributed by atoms with Crippen molar-refractivity contribution in [2.75, 3.05) is 19.3 Å². The van der Waals surface area contributed by atoms with Crippen LogP contribution in [0.15, 0.2) is 18.2 Å². The highest BCUT2D eigenvalue weighted by Gasteiger charge is 2.37. The standard InChI is InChI=1S/C12H12F6N2O3S/c1-24(22,23)20-3-2-19-10(21)7-4-8(11(13,14)15)6-9(5-7)12(16,17)18/h4-6,20H,2-3H2,1H3,(H,19,21). The second-order valence-corrected chi connectivity index (χ2v) is 6.55. The average molecular weight is 378 g/mol. The predicted octanol–water partition coefficient (Wildman–Crippen LogP) is 2.00. The van der Waals surface area contributed by atoms with Crippen molar-refractivity contribution in [1.82, 2.24) is 10.0 Å². The van der Waals surface area contributed by atoms with Gasteiger partial charge in [-0.1, -0.05) is 0 Å². The second-order valence-electron chi connectivity index (χ2n) is 4.72. The lowest BCUT2D eigenvalue weighted by Gasteiger charge is -2.14. The highest BCUT2D eigenvalue weighted by Crippen LogP contribution is 2.36. The van der Waals surface area contributed by atoms with E-state index in [0.717, 1.165) is 6.26 Å². The summed E-state index contributed by atoms with van der Waals surface area (Å²) < 4.78 is 99.5. The van der Waals surface area contributed by atoms with Crippen LogP contribution in [-0.4, -0.2) is 33.7 Å². The zero-order chi connectivity index (χ0) is 18.8. The number of carbonyl (C=O) groups is 1. The maximum absolute atomic E-state index is 12.7. The Balaban J connectivity index is 2.99. The molecule has 0 fully saturated rings. The van der Waals surface area contributed by atoms with Gasteiger partial charge in [0.2, 0.25) is 10.0 Å². The van der Waals surface area contributed by atoms with Gasteiger partial charge < -0.3 is 5.32 Å². The van der Waals surface area contributed by atoms with Crippen LogP contribution < -0.4 is 10.0 Å². The molecule has 1 rings (SSSR count). The molecule has 0 aromatic heterocycles. The Morgan fingerprint density at radius 1 is 0.958 bits per heavy atom. The van der Waals surface area contributed by atoms with Crippen LogP contribution in [0.1, 0.15) is 21.5 Å². The fraction of sp³-hybridized carbons (Fsp3) is 0.417. The van der Waals surface area contributed by atoms with Gasteiger partial charge in [-0.3, -0.25) is 4.79 Å². The topological polar surface area (TPSA) is 75.3 Å². The number of hydrogen-bond acceptors (Lipinski definition) is 3. The van der Waals surface area contributed by atoms with Crippen LogP contribution in [0, 0.1) is 0 Å². The van der Waals surface area contributed by atoms with E-state index >= 15 is 0 Å². The van der Waals surface area contributed by atoms with Crippen molar-refractivity contribution in [2.24, 2.45) is 0 Å². The van der Waals surface area contributed by atoms with E-state index in [1.807, 2.05) is 10.0 Å². The van der Waals surface area contributed by atoms with Crippen LogP contribution >= 0.6 is 0 Å². The number of carbonyl (C=O) groups excluding carboxylic acids is 1. The molecule has 0 aliphatic carbocycles. The Morgan fingerprint density at radius 3 is 1.79 bits per heavy atom. The van der Waals surface area contributed by atoms with Crippen LogP contribution in [0.5, 0.6) is 0 Å². The summed E-state index contributed by atoms with van der Waals surface area (Å²) in [7, 11) is -3.54. The minimum absolute atomic E-state index is 0.0952. The van der Waals surface area contributed by atoms with Crippen molar-refractivity contribution >= 4 is 15.9 Å². The number of rotatable bonds is 5. The van der Waals surface area contributed by atoms with E-state index in [-0.39, 0.29) is 31.3 Å². The molecule has 0 aliphatic rings. The molecule has 1 aromatic carbocycles. The molecular weight excluding hydrogens is 366 g/mol. The summed E-state index contributed by atoms with van der Waals surface area (Å²) in [6.45, 7) is -0.584. The fourth-order valence-electron chi connectivity index (χ4n) is 1.60. The SMILES string of the molecule is CS(=O)(=O)NCCNC(=O)c1cc(C(F)(F)F)cc(C(F)(F)F)c1. The van der Waals surface area contributed by atoms with E-state index in [0.29, 0.717) is 0 Å². The van der Waals surface area contributed by atoms with Gasteiger partial charge in [-0.2, -0.15) is 26.3 Å². The van der Waals surface area contributed by atoms with Gasteiger partial charge in [0.25, 0.3) is 5.91 Å². The third kappa shape index (κ3) is 6.35. The minimum atomic E-state index is -5.06. The van der Waals surface area contributed by atoms with Gasteiger partial charge in [0.05, 0.1) is 17.4 Å². The molecule has 0 atom stereocenters. The molecule has 136 valence electrons. The molecule has 12 heteroatoms. The molecule has 0 saturated heterocycles. The highest BCUT2D eigenvalue weighted by molar-refractivity contribution is 7.88. The lowest BCUT2D eigenvalue weighted by Crippen LogP contribution is -2.34. The summed E-state index contributed by atoms with van der Waals surface area (Å²) in [6, 6.07) is 0.477. The average Bonchev–Trinajstić information content (AvgIpc) is 2.40. The van der Waals surface area contributed by atoms with Gasteiger partial charge in [-0.25, -0.2) is 13.1 Å². The molecule has 1 amide bonds. The van der Waals surface area contributed by atoms with Crippen molar-refractivity contribution in [3.8, 4) is 0 Å². The summed E-state index contributed by atoms with van der Waals surface area (Å²) in [5.41, 5.74) is -4.06. The quantitative estimate of drug-likeness (QED) is 0.608. The Labute approximate surface area is 133 Å². The largest absolute Gasteiger partial charge is 0.416 e. The van der Waals surface area contributed by atoms with Gasteiger partial charge in [-0.05, 0) is 18.2 Å². The lowest BCUT2D eigenvalue weighted by molar-refractivity contribution is -0.143. The molecule has 0 saturated carbocycles. The Morgan fingerprint density at radius 2 is 1.42 bits per heavy atom. The maximum atomic E-state index is 12.7. The Kier molecular flexibility index (Phi) is 5.87. The zero-order valence-electron chi connectivity index (χ0n) is 12.0. The zero-order valence-corrected chi connectivity index (χ0v) is 12.9. The first-order chi connectivity index (χ1) is 10.7. The Hall–Kier alpha value is -1.82. The van der Waals surface area contributed by atoms with Crippen LogP contribution in [0.2, 0.25) is 0 Å². The van der Waals surface area contributed by atoms with E-state index in [1.165, 1.54) is 0 Å². The molecule has 0 spiro atoms.